The summed E-state index contributed by atoms with van der Waals surface area (Å²) in [5.41, 5.74) is 0.532. The highest BCUT2D eigenvalue weighted by Gasteiger charge is 1.89. The molecule has 0 unspecified atom stereocenters. The van der Waals surface area contributed by atoms with E-state index in [4.69, 9.17) is 0 Å². The fourth-order valence-electron chi connectivity index (χ4n) is 0.248. The van der Waals surface area contributed by atoms with Crippen LogP contribution >= 0.6 is 11.7 Å². The van der Waals surface area contributed by atoms with Gasteiger partial charge < -0.3 is 0 Å². The van der Waals surface area contributed by atoms with Crippen molar-refractivity contribution in [1.82, 2.24) is 8.75 Å². The van der Waals surface area contributed by atoms with Crippen LogP contribution in [0.15, 0.2) is 6.20 Å². The summed E-state index contributed by atoms with van der Waals surface area (Å²) >= 11 is 1.06. The van der Waals surface area contributed by atoms with Gasteiger partial charge in [-0.2, -0.15) is 8.75 Å². The van der Waals surface area contributed by atoms with Gasteiger partial charge in [0, 0.05) is 0 Å². The van der Waals surface area contributed by atoms with Crippen molar-refractivity contribution in [1.29, 1.82) is 0 Å². The quantitative estimate of drug-likeness (QED) is 0.534. The maximum atomic E-state index is 9.90. The Morgan fingerprint density at radius 2 is 2.71 bits per heavy atom. The smallest absolute Gasteiger partial charge is 0.127 e. The van der Waals surface area contributed by atoms with E-state index in [9.17, 15) is 5.11 Å². The van der Waals surface area contributed by atoms with Gasteiger partial charge in [0.15, 0.2) is 0 Å². The molecule has 4 heteroatoms. The predicted molar refractivity (Wildman–Crippen MR) is 24.3 cm³/mol. The van der Waals surface area contributed by atoms with Crippen molar-refractivity contribution in [2.24, 2.45) is 0 Å². The molecule has 0 aromatic carbocycles. The third-order valence-electron chi connectivity index (χ3n) is 0.555. The molecule has 37 valence electrons. The van der Waals surface area contributed by atoms with Crippen LogP contribution in [0.2, 0.25) is 0 Å². The Morgan fingerprint density at radius 1 is 1.86 bits per heavy atom. The Kier molecular flexibility index (Phi) is 1.33. The maximum Gasteiger partial charge on any atom is 0.127 e. The normalized spacial score (nSPS) is 9.29. The minimum atomic E-state index is -0.253. The summed E-state index contributed by atoms with van der Waals surface area (Å²) in [4.78, 5) is 0. The van der Waals surface area contributed by atoms with Crippen LogP contribution in [-0.4, -0.2) is 8.75 Å². The number of nitrogens with zero attached hydrogens (tertiary/aromatic N) is 2. The molecule has 0 saturated heterocycles. The maximum absolute atomic E-state index is 9.90. The molecule has 1 heterocycles. The lowest BCUT2D eigenvalue weighted by Crippen LogP contribution is -1.75. The van der Waals surface area contributed by atoms with E-state index in [1.165, 1.54) is 6.20 Å². The molecule has 0 bridgehead atoms. The zero-order chi connectivity index (χ0) is 5.11. The SMILES string of the molecule is [O]Cc1cnsn1. The second kappa shape index (κ2) is 1.99. The van der Waals surface area contributed by atoms with E-state index in [-0.39, 0.29) is 6.61 Å². The summed E-state index contributed by atoms with van der Waals surface area (Å²) < 4.78 is 7.28. The van der Waals surface area contributed by atoms with Gasteiger partial charge in [-0.15, -0.1) is 0 Å². The van der Waals surface area contributed by atoms with Crippen LogP contribution < -0.4 is 0 Å². The Hall–Kier alpha value is -0.480. The molecule has 7 heavy (non-hydrogen) atoms. The molecule has 0 spiro atoms. The van der Waals surface area contributed by atoms with E-state index in [1.54, 1.807) is 0 Å². The Morgan fingerprint density at radius 3 is 3.00 bits per heavy atom. The number of aromatic nitrogens is 2. The molecule has 3 nitrogen and oxygen atoms in total. The molecule has 0 N–H and O–H groups in total. The summed E-state index contributed by atoms with van der Waals surface area (Å²) in [7, 11) is 0. The van der Waals surface area contributed by atoms with Crippen molar-refractivity contribution in [2.45, 2.75) is 6.61 Å². The average molecular weight is 115 g/mol. The first-order chi connectivity index (χ1) is 3.43. The molecule has 1 aromatic heterocycles. The third kappa shape index (κ3) is 0.942. The van der Waals surface area contributed by atoms with Gasteiger partial charge in [0.05, 0.1) is 17.9 Å². The van der Waals surface area contributed by atoms with Crippen LogP contribution in [0.1, 0.15) is 5.69 Å². The van der Waals surface area contributed by atoms with Gasteiger partial charge >= 0.3 is 0 Å². The predicted octanol–water partition coefficient (Wildman–Crippen LogP) is 0.469. The van der Waals surface area contributed by atoms with Crippen molar-refractivity contribution in [3.63, 3.8) is 0 Å². The van der Waals surface area contributed by atoms with Crippen LogP contribution in [0.4, 0.5) is 0 Å². The topological polar surface area (TPSA) is 45.7 Å². The van der Waals surface area contributed by atoms with Crippen LogP contribution in [0, 0.1) is 0 Å². The zero-order valence-electron chi connectivity index (χ0n) is 3.50. The Labute approximate surface area is 45.0 Å². The van der Waals surface area contributed by atoms with Crippen LogP contribution in [0.5, 0.6) is 0 Å². The first-order valence-electron chi connectivity index (χ1n) is 1.78. The molecule has 1 rings (SSSR count). The van der Waals surface area contributed by atoms with E-state index in [0.29, 0.717) is 5.69 Å². The summed E-state index contributed by atoms with van der Waals surface area (Å²) in [5, 5.41) is 9.90. The Balaban J connectivity index is 2.76. The highest BCUT2D eigenvalue weighted by molar-refractivity contribution is 6.99. The van der Waals surface area contributed by atoms with Crippen molar-refractivity contribution in [2.75, 3.05) is 0 Å². The standard InChI is InChI=1S/C3H3N2OS/c6-2-3-1-4-7-5-3/h1H,2H2. The zero-order valence-corrected chi connectivity index (χ0v) is 4.31. The lowest BCUT2D eigenvalue weighted by Gasteiger charge is -1.71. The summed E-state index contributed by atoms with van der Waals surface area (Å²) in [6, 6.07) is 0. The largest absolute Gasteiger partial charge is 0.230 e. The fourth-order valence-corrected chi connectivity index (χ4v) is 0.668. The molecule has 0 aliphatic heterocycles. The number of hydrogen-bond donors (Lipinski definition) is 0. The molecule has 0 saturated carbocycles. The highest BCUT2D eigenvalue weighted by Crippen LogP contribution is 1.92. The van der Waals surface area contributed by atoms with Crippen molar-refractivity contribution < 1.29 is 5.11 Å². The second-order valence-electron chi connectivity index (χ2n) is 1.04. The van der Waals surface area contributed by atoms with E-state index >= 15 is 0 Å². The van der Waals surface area contributed by atoms with Crippen molar-refractivity contribution in [3.05, 3.63) is 11.9 Å². The molecule has 0 amide bonds. The summed E-state index contributed by atoms with van der Waals surface area (Å²) in [6.07, 6.45) is 1.48. The van der Waals surface area contributed by atoms with Gasteiger partial charge in [0.2, 0.25) is 0 Å². The lowest BCUT2D eigenvalue weighted by molar-refractivity contribution is 0.174. The highest BCUT2D eigenvalue weighted by atomic mass is 32.1. The minimum absolute atomic E-state index is 0.253. The third-order valence-corrected chi connectivity index (χ3v) is 1.07. The van der Waals surface area contributed by atoms with Gasteiger partial charge in [-0.25, -0.2) is 5.11 Å². The molecule has 0 aliphatic carbocycles. The van der Waals surface area contributed by atoms with E-state index in [2.05, 4.69) is 8.75 Å². The first-order valence-corrected chi connectivity index (χ1v) is 2.51. The molecule has 0 atom stereocenters. The molecule has 0 fully saturated rings. The van der Waals surface area contributed by atoms with Gasteiger partial charge in [-0.1, -0.05) is 0 Å². The van der Waals surface area contributed by atoms with Gasteiger partial charge in [-0.3, -0.25) is 0 Å². The minimum Gasteiger partial charge on any atom is -0.230 e. The second-order valence-corrected chi connectivity index (χ2v) is 1.60. The van der Waals surface area contributed by atoms with E-state index in [0.717, 1.165) is 11.7 Å². The van der Waals surface area contributed by atoms with Crippen LogP contribution in [0.3, 0.4) is 0 Å². The van der Waals surface area contributed by atoms with Gasteiger partial charge in [0.25, 0.3) is 0 Å². The lowest BCUT2D eigenvalue weighted by atomic mass is 10.5. The first kappa shape index (κ1) is 4.67. The van der Waals surface area contributed by atoms with Crippen molar-refractivity contribution in [3.8, 4) is 0 Å². The van der Waals surface area contributed by atoms with E-state index < -0.39 is 0 Å². The monoisotopic (exact) mass is 115 g/mol. The number of hydrogen-bond acceptors (Lipinski definition) is 3. The fraction of sp³-hybridized carbons (Fsp3) is 0.333. The summed E-state index contributed by atoms with van der Waals surface area (Å²) in [6.45, 7) is -0.253. The van der Waals surface area contributed by atoms with Crippen molar-refractivity contribution >= 4 is 11.7 Å². The molecule has 1 aromatic rings. The Bertz CT molecular complexity index is 127. The molecular formula is C3H3N2OS. The number of rotatable bonds is 1. The van der Waals surface area contributed by atoms with Crippen LogP contribution in [0.25, 0.3) is 0 Å². The van der Waals surface area contributed by atoms with Crippen LogP contribution in [-0.2, 0) is 11.7 Å². The van der Waals surface area contributed by atoms with Gasteiger partial charge in [-0.05, 0) is 0 Å². The van der Waals surface area contributed by atoms with Gasteiger partial charge in [0.1, 0.15) is 12.3 Å². The summed E-state index contributed by atoms with van der Waals surface area (Å²) in [5.74, 6) is 0. The van der Waals surface area contributed by atoms with E-state index in [1.807, 2.05) is 0 Å². The molecule has 1 radical (unpaired) electrons. The molecule has 0 aliphatic rings. The molecular weight excluding hydrogens is 112 g/mol. The average Bonchev–Trinajstić information content (AvgIpc) is 2.14.